The molecule has 2 aromatic rings. The number of halogens is 1. The molecular formula is C19H25ClN2O3S. The molecule has 2 N–H and O–H groups in total. The third kappa shape index (κ3) is 3.88. The minimum atomic E-state index is -3.56. The molecule has 0 bridgehead atoms. The van der Waals surface area contributed by atoms with Crippen LogP contribution in [0.15, 0.2) is 53.4 Å². The highest BCUT2D eigenvalue weighted by Crippen LogP contribution is 2.36. The van der Waals surface area contributed by atoms with Crippen molar-refractivity contribution in [3.8, 4) is 5.75 Å². The van der Waals surface area contributed by atoms with E-state index in [-0.39, 0.29) is 24.2 Å². The highest BCUT2D eigenvalue weighted by molar-refractivity contribution is 7.89. The molecule has 2 aromatic carbocycles. The third-order valence-electron chi connectivity index (χ3n) is 4.94. The van der Waals surface area contributed by atoms with Crippen LogP contribution in [0.4, 0.5) is 0 Å². The largest absolute Gasteiger partial charge is 0.497 e. The van der Waals surface area contributed by atoms with Gasteiger partial charge in [0.2, 0.25) is 10.0 Å². The molecule has 1 aliphatic heterocycles. The number of rotatable bonds is 5. The number of ether oxygens (including phenoxy) is 1. The van der Waals surface area contributed by atoms with Gasteiger partial charge in [-0.15, -0.1) is 12.4 Å². The van der Waals surface area contributed by atoms with E-state index in [1.807, 2.05) is 30.3 Å². The Morgan fingerprint density at radius 2 is 1.85 bits per heavy atom. The second-order valence-corrected chi connectivity index (χ2v) is 8.37. The molecule has 3 rings (SSSR count). The summed E-state index contributed by atoms with van der Waals surface area (Å²) in [6.45, 7) is 3.16. The van der Waals surface area contributed by atoms with Crippen LogP contribution in [0.25, 0.3) is 0 Å². The Labute approximate surface area is 161 Å². The minimum absolute atomic E-state index is 0. The van der Waals surface area contributed by atoms with Gasteiger partial charge >= 0.3 is 0 Å². The molecule has 0 aromatic heterocycles. The van der Waals surface area contributed by atoms with E-state index >= 15 is 0 Å². The molecule has 1 fully saturated rings. The zero-order valence-corrected chi connectivity index (χ0v) is 16.6. The number of methoxy groups -OCH3 is 1. The molecule has 0 aliphatic carbocycles. The maximum Gasteiger partial charge on any atom is 0.243 e. The van der Waals surface area contributed by atoms with E-state index < -0.39 is 10.0 Å². The maximum absolute atomic E-state index is 13.1. The summed E-state index contributed by atoms with van der Waals surface area (Å²) in [6, 6.07) is 15.1. The van der Waals surface area contributed by atoms with Crippen molar-refractivity contribution in [1.82, 2.24) is 4.31 Å². The van der Waals surface area contributed by atoms with Crippen molar-refractivity contribution in [2.75, 3.05) is 26.7 Å². The average molecular weight is 397 g/mol. The number of aryl methyl sites for hydroxylation is 1. The Bertz CT molecular complexity index is 843. The molecule has 0 radical (unpaired) electrons. The molecular weight excluding hydrogens is 372 g/mol. The van der Waals surface area contributed by atoms with Crippen LogP contribution in [0, 0.1) is 12.8 Å². The Kier molecular flexibility index (Phi) is 6.69. The van der Waals surface area contributed by atoms with Gasteiger partial charge in [-0.3, -0.25) is 0 Å². The lowest BCUT2D eigenvalue weighted by Gasteiger charge is -2.18. The lowest BCUT2D eigenvalue weighted by atomic mass is 9.89. The van der Waals surface area contributed by atoms with E-state index in [0.717, 1.165) is 5.56 Å². The standard InChI is InChI=1S/C19H24N2O3S.ClH/c1-14-10-17(24-2)8-9-19(14)25(22,23)21-12-16(11-20)18(13-21)15-6-4-3-5-7-15;/h3-10,16,18H,11-13,20H2,1-2H3;1H/t16-,18+;/m1./s1. The van der Waals surface area contributed by atoms with Crippen LogP contribution in [0.5, 0.6) is 5.75 Å². The van der Waals surface area contributed by atoms with E-state index in [4.69, 9.17) is 10.5 Å². The SMILES string of the molecule is COc1ccc(S(=O)(=O)N2C[C@@H](CN)[C@H](c3ccccc3)C2)c(C)c1.Cl. The second-order valence-electron chi connectivity index (χ2n) is 6.47. The quantitative estimate of drug-likeness (QED) is 0.843. The summed E-state index contributed by atoms with van der Waals surface area (Å²) in [4.78, 5) is 0.331. The van der Waals surface area contributed by atoms with Gasteiger partial charge in [-0.2, -0.15) is 4.31 Å². The number of hydrogen-bond acceptors (Lipinski definition) is 4. The van der Waals surface area contributed by atoms with Crippen molar-refractivity contribution in [3.63, 3.8) is 0 Å². The van der Waals surface area contributed by atoms with Crippen LogP contribution in [-0.2, 0) is 10.0 Å². The molecule has 1 heterocycles. The fourth-order valence-electron chi connectivity index (χ4n) is 3.52. The van der Waals surface area contributed by atoms with Gasteiger partial charge in [0, 0.05) is 19.0 Å². The van der Waals surface area contributed by atoms with Crippen LogP contribution >= 0.6 is 12.4 Å². The van der Waals surface area contributed by atoms with Crippen LogP contribution in [0.2, 0.25) is 0 Å². The van der Waals surface area contributed by atoms with E-state index in [1.165, 1.54) is 0 Å². The van der Waals surface area contributed by atoms with Gasteiger partial charge in [-0.1, -0.05) is 30.3 Å². The lowest BCUT2D eigenvalue weighted by molar-refractivity contribution is 0.413. The van der Waals surface area contributed by atoms with Gasteiger partial charge in [0.25, 0.3) is 0 Å². The minimum Gasteiger partial charge on any atom is -0.497 e. The maximum atomic E-state index is 13.1. The topological polar surface area (TPSA) is 72.6 Å². The average Bonchev–Trinajstić information content (AvgIpc) is 3.07. The third-order valence-corrected chi connectivity index (χ3v) is 6.93. The van der Waals surface area contributed by atoms with Gasteiger partial charge in [-0.05, 0) is 48.7 Å². The first-order valence-corrected chi connectivity index (χ1v) is 9.81. The zero-order valence-electron chi connectivity index (χ0n) is 15.0. The van der Waals surface area contributed by atoms with Gasteiger partial charge in [0.05, 0.1) is 12.0 Å². The van der Waals surface area contributed by atoms with Crippen LogP contribution in [-0.4, -0.2) is 39.5 Å². The van der Waals surface area contributed by atoms with Gasteiger partial charge in [-0.25, -0.2) is 8.42 Å². The number of nitrogens with two attached hydrogens (primary N) is 1. The molecule has 142 valence electrons. The van der Waals surface area contributed by atoms with E-state index in [0.29, 0.717) is 35.8 Å². The number of nitrogens with zero attached hydrogens (tertiary/aromatic N) is 1. The highest BCUT2D eigenvalue weighted by atomic mass is 35.5. The number of sulfonamides is 1. The summed E-state index contributed by atoms with van der Waals surface area (Å²) in [6.07, 6.45) is 0. The van der Waals surface area contributed by atoms with E-state index in [2.05, 4.69) is 0 Å². The smallest absolute Gasteiger partial charge is 0.243 e. The molecule has 0 spiro atoms. The molecule has 1 aliphatic rings. The fraction of sp³-hybridized carbons (Fsp3) is 0.368. The van der Waals surface area contributed by atoms with E-state index in [9.17, 15) is 8.42 Å². The van der Waals surface area contributed by atoms with Crippen molar-refractivity contribution in [1.29, 1.82) is 0 Å². The molecule has 5 nitrogen and oxygen atoms in total. The summed E-state index contributed by atoms with van der Waals surface area (Å²) in [5.74, 6) is 0.898. The zero-order chi connectivity index (χ0) is 18.0. The first kappa shape index (κ1) is 20.7. The van der Waals surface area contributed by atoms with Crippen LogP contribution < -0.4 is 10.5 Å². The Balaban J connectivity index is 0.00000243. The normalized spacial score (nSPS) is 20.6. The second kappa shape index (κ2) is 8.39. The van der Waals surface area contributed by atoms with Crippen molar-refractivity contribution < 1.29 is 13.2 Å². The molecule has 26 heavy (non-hydrogen) atoms. The monoisotopic (exact) mass is 396 g/mol. The van der Waals surface area contributed by atoms with E-state index in [1.54, 1.807) is 36.5 Å². The molecule has 2 atom stereocenters. The van der Waals surface area contributed by atoms with Crippen molar-refractivity contribution in [2.45, 2.75) is 17.7 Å². The first-order chi connectivity index (χ1) is 12.0. The van der Waals surface area contributed by atoms with Crippen molar-refractivity contribution in [3.05, 3.63) is 59.7 Å². The molecule has 0 saturated carbocycles. The Morgan fingerprint density at radius 1 is 1.15 bits per heavy atom. The Hall–Kier alpha value is -1.60. The summed E-state index contributed by atoms with van der Waals surface area (Å²) in [5, 5.41) is 0. The van der Waals surface area contributed by atoms with Gasteiger partial charge in [0.15, 0.2) is 0 Å². The lowest BCUT2D eigenvalue weighted by Crippen LogP contribution is -2.30. The summed E-state index contributed by atoms with van der Waals surface area (Å²) < 4.78 is 33.0. The summed E-state index contributed by atoms with van der Waals surface area (Å²) in [5.41, 5.74) is 7.76. The molecule has 0 unspecified atom stereocenters. The van der Waals surface area contributed by atoms with Crippen LogP contribution in [0.3, 0.4) is 0 Å². The first-order valence-electron chi connectivity index (χ1n) is 8.37. The van der Waals surface area contributed by atoms with Crippen molar-refractivity contribution >= 4 is 22.4 Å². The molecule has 7 heteroatoms. The predicted molar refractivity (Wildman–Crippen MR) is 105 cm³/mol. The predicted octanol–water partition coefficient (Wildman–Crippen LogP) is 2.79. The Morgan fingerprint density at radius 3 is 2.42 bits per heavy atom. The molecule has 1 saturated heterocycles. The fourth-order valence-corrected chi connectivity index (χ4v) is 5.25. The molecule has 0 amide bonds. The highest BCUT2D eigenvalue weighted by Gasteiger charge is 2.39. The van der Waals surface area contributed by atoms with Crippen molar-refractivity contribution in [2.24, 2.45) is 11.7 Å². The summed E-state index contributed by atoms with van der Waals surface area (Å²) >= 11 is 0. The summed E-state index contributed by atoms with van der Waals surface area (Å²) in [7, 11) is -1.99. The number of hydrogen-bond donors (Lipinski definition) is 1. The van der Waals surface area contributed by atoms with Gasteiger partial charge in [0.1, 0.15) is 5.75 Å². The van der Waals surface area contributed by atoms with Gasteiger partial charge < -0.3 is 10.5 Å². The van der Waals surface area contributed by atoms with Crippen LogP contribution in [0.1, 0.15) is 17.0 Å². The number of benzene rings is 2.